The second-order valence-electron chi connectivity index (χ2n) is 6.28. The number of nitrogens with one attached hydrogen (secondary N) is 2. The van der Waals surface area contributed by atoms with Crippen molar-refractivity contribution in [3.05, 3.63) is 29.0 Å². The Hall–Kier alpha value is -1.49. The zero-order valence-electron chi connectivity index (χ0n) is 12.4. The molecule has 116 valence electrons. The summed E-state index contributed by atoms with van der Waals surface area (Å²) in [5.41, 5.74) is 0.0815. The Labute approximate surface area is 129 Å². The van der Waals surface area contributed by atoms with Crippen molar-refractivity contribution in [2.24, 2.45) is 0 Å². The van der Waals surface area contributed by atoms with Gasteiger partial charge in [0.15, 0.2) is 0 Å². The second-order valence-corrected chi connectivity index (χ2v) is 6.69. The quantitative estimate of drug-likeness (QED) is 0.888. The minimum Gasteiger partial charge on any atom is -0.444 e. The number of hydrogen-bond acceptors (Lipinski definition) is 3. The fraction of sp³-hybridized carbons (Fsp3) is 0.533. The Bertz CT molecular complexity index is 525. The van der Waals surface area contributed by atoms with Crippen molar-refractivity contribution in [2.45, 2.75) is 51.3 Å². The first-order valence-electron chi connectivity index (χ1n) is 6.94. The third kappa shape index (κ3) is 4.77. The van der Waals surface area contributed by atoms with E-state index in [1.165, 1.54) is 18.2 Å². The maximum Gasteiger partial charge on any atom is 0.407 e. The maximum absolute atomic E-state index is 13.2. The van der Waals surface area contributed by atoms with Gasteiger partial charge in [0.1, 0.15) is 11.4 Å². The van der Waals surface area contributed by atoms with Crippen molar-refractivity contribution in [1.29, 1.82) is 0 Å². The molecule has 6 heteroatoms. The molecule has 0 atom stereocenters. The number of halogens is 2. The molecule has 0 unspecified atom stereocenters. The van der Waals surface area contributed by atoms with Gasteiger partial charge in [-0.2, -0.15) is 0 Å². The third-order valence-corrected chi connectivity index (χ3v) is 3.48. The average molecular weight is 315 g/mol. The molecule has 1 amide bonds. The molecule has 1 aromatic carbocycles. The van der Waals surface area contributed by atoms with Crippen molar-refractivity contribution in [3.63, 3.8) is 0 Å². The van der Waals surface area contributed by atoms with Crippen molar-refractivity contribution in [1.82, 2.24) is 5.32 Å². The first-order chi connectivity index (χ1) is 9.73. The summed E-state index contributed by atoms with van der Waals surface area (Å²) >= 11 is 6.00. The molecule has 1 aromatic rings. The third-order valence-electron chi connectivity index (χ3n) is 3.15. The first kappa shape index (κ1) is 15.9. The van der Waals surface area contributed by atoms with Gasteiger partial charge in [0.05, 0.1) is 10.7 Å². The molecular weight excluding hydrogens is 295 g/mol. The van der Waals surface area contributed by atoms with E-state index >= 15 is 0 Å². The molecule has 0 heterocycles. The van der Waals surface area contributed by atoms with Crippen molar-refractivity contribution < 1.29 is 13.9 Å². The number of carbonyl (C=O) groups is 1. The van der Waals surface area contributed by atoms with Crippen LogP contribution in [0.5, 0.6) is 0 Å². The molecule has 0 saturated heterocycles. The molecule has 1 aliphatic rings. The lowest BCUT2D eigenvalue weighted by molar-refractivity contribution is 0.0475. The molecule has 1 aliphatic carbocycles. The van der Waals surface area contributed by atoms with Gasteiger partial charge in [-0.15, -0.1) is 0 Å². The molecule has 21 heavy (non-hydrogen) atoms. The minimum absolute atomic E-state index is 0.0738. The number of amides is 1. The Morgan fingerprint density at radius 3 is 2.62 bits per heavy atom. The van der Waals surface area contributed by atoms with Crippen LogP contribution < -0.4 is 10.6 Å². The lowest BCUT2D eigenvalue weighted by Crippen LogP contribution is -2.50. The van der Waals surface area contributed by atoms with Gasteiger partial charge in [0.25, 0.3) is 0 Å². The average Bonchev–Trinajstić information content (AvgIpc) is 2.28. The van der Waals surface area contributed by atoms with E-state index < -0.39 is 11.7 Å². The second kappa shape index (κ2) is 6.10. The van der Waals surface area contributed by atoms with Crippen molar-refractivity contribution in [2.75, 3.05) is 5.32 Å². The highest BCUT2D eigenvalue weighted by Crippen LogP contribution is 2.29. The number of ether oxygens (including phenoxy) is 1. The monoisotopic (exact) mass is 314 g/mol. The van der Waals surface area contributed by atoms with E-state index in [4.69, 9.17) is 16.3 Å². The number of benzene rings is 1. The molecule has 1 fully saturated rings. The maximum atomic E-state index is 13.2. The normalized spacial score (nSPS) is 21.4. The van der Waals surface area contributed by atoms with Crippen LogP contribution in [0.15, 0.2) is 18.2 Å². The molecule has 0 bridgehead atoms. The molecule has 4 nitrogen and oxygen atoms in total. The van der Waals surface area contributed by atoms with Crippen LogP contribution in [-0.2, 0) is 4.74 Å². The predicted molar refractivity (Wildman–Crippen MR) is 81.2 cm³/mol. The molecule has 0 aliphatic heterocycles. The fourth-order valence-electron chi connectivity index (χ4n) is 2.16. The van der Waals surface area contributed by atoms with Crippen LogP contribution in [0.4, 0.5) is 14.9 Å². The summed E-state index contributed by atoms with van der Waals surface area (Å²) in [5.74, 6) is -0.329. The van der Waals surface area contributed by atoms with Gasteiger partial charge >= 0.3 is 6.09 Å². The summed E-state index contributed by atoms with van der Waals surface area (Å²) < 4.78 is 18.3. The van der Waals surface area contributed by atoms with Crippen LogP contribution >= 0.6 is 11.6 Å². The van der Waals surface area contributed by atoms with Crippen LogP contribution in [0.25, 0.3) is 0 Å². The van der Waals surface area contributed by atoms with Gasteiger partial charge in [-0.25, -0.2) is 9.18 Å². The molecule has 2 rings (SSSR count). The molecule has 2 N–H and O–H groups in total. The molecule has 0 aromatic heterocycles. The van der Waals surface area contributed by atoms with Gasteiger partial charge in [-0.3, -0.25) is 0 Å². The van der Waals surface area contributed by atoms with Gasteiger partial charge in [-0.1, -0.05) is 11.6 Å². The lowest BCUT2D eigenvalue weighted by atomic mass is 9.86. The Kier molecular flexibility index (Phi) is 4.61. The molecule has 0 radical (unpaired) electrons. The summed E-state index contributed by atoms with van der Waals surface area (Å²) in [6.45, 7) is 5.47. The van der Waals surface area contributed by atoms with Crippen molar-refractivity contribution in [3.8, 4) is 0 Å². The zero-order chi connectivity index (χ0) is 15.6. The highest BCUT2D eigenvalue weighted by molar-refractivity contribution is 6.33. The highest BCUT2D eigenvalue weighted by atomic mass is 35.5. The van der Waals surface area contributed by atoms with E-state index in [0.717, 1.165) is 12.8 Å². The number of carbonyl (C=O) groups excluding carboxylic acids is 1. The summed E-state index contributed by atoms with van der Waals surface area (Å²) in [6, 6.07) is 4.46. The Morgan fingerprint density at radius 1 is 1.33 bits per heavy atom. The lowest BCUT2D eigenvalue weighted by Gasteiger charge is -2.37. The molecule has 1 saturated carbocycles. The van der Waals surface area contributed by atoms with Crippen LogP contribution in [0.1, 0.15) is 33.6 Å². The van der Waals surface area contributed by atoms with E-state index in [0.29, 0.717) is 10.7 Å². The summed E-state index contributed by atoms with van der Waals surface area (Å²) in [7, 11) is 0. The van der Waals surface area contributed by atoms with Crippen molar-refractivity contribution >= 4 is 23.4 Å². The predicted octanol–water partition coefficient (Wildman–Crippen LogP) is 3.95. The first-order valence-corrected chi connectivity index (χ1v) is 7.32. The van der Waals surface area contributed by atoms with Gasteiger partial charge in [0, 0.05) is 12.1 Å². The molecular formula is C15H20ClFN2O2. The zero-order valence-corrected chi connectivity index (χ0v) is 13.1. The van der Waals surface area contributed by atoms with Gasteiger partial charge in [0.2, 0.25) is 0 Å². The number of rotatable bonds is 3. The van der Waals surface area contributed by atoms with Gasteiger partial charge < -0.3 is 15.4 Å². The van der Waals surface area contributed by atoms with Crippen LogP contribution in [-0.4, -0.2) is 23.8 Å². The van der Waals surface area contributed by atoms with E-state index in [2.05, 4.69) is 10.6 Å². The Morgan fingerprint density at radius 2 is 2.00 bits per heavy atom. The van der Waals surface area contributed by atoms with E-state index in [1.54, 1.807) is 0 Å². The van der Waals surface area contributed by atoms with E-state index in [1.807, 2.05) is 20.8 Å². The Balaban J connectivity index is 1.77. The van der Waals surface area contributed by atoms with Crippen LogP contribution in [0, 0.1) is 5.82 Å². The summed E-state index contributed by atoms with van der Waals surface area (Å²) in [6.07, 6.45) is 1.10. The standard InChI is InChI=1S/C15H20ClFN2O2/c1-15(2,3)21-14(20)19-11-7-10(8-11)18-13-6-9(17)4-5-12(13)16/h4-6,10-11,18H,7-8H2,1-3H3,(H,19,20). The van der Waals surface area contributed by atoms with E-state index in [-0.39, 0.29) is 17.9 Å². The molecule has 0 spiro atoms. The fourth-order valence-corrected chi connectivity index (χ4v) is 2.33. The van der Waals surface area contributed by atoms with Crippen LogP contribution in [0.3, 0.4) is 0 Å². The minimum atomic E-state index is -0.499. The van der Waals surface area contributed by atoms with Crippen LogP contribution in [0.2, 0.25) is 5.02 Å². The smallest absolute Gasteiger partial charge is 0.407 e. The summed E-state index contributed by atoms with van der Waals surface area (Å²) in [4.78, 5) is 11.6. The van der Waals surface area contributed by atoms with E-state index in [9.17, 15) is 9.18 Å². The highest BCUT2D eigenvalue weighted by Gasteiger charge is 2.31. The summed E-state index contributed by atoms with van der Waals surface area (Å²) in [5, 5.41) is 6.47. The number of anilines is 1. The SMILES string of the molecule is CC(C)(C)OC(=O)NC1CC(Nc2cc(F)ccc2Cl)C1. The number of alkyl carbamates (subject to hydrolysis) is 1. The van der Waals surface area contributed by atoms with Gasteiger partial charge in [-0.05, 0) is 51.8 Å². The number of hydrogen-bond donors (Lipinski definition) is 2. The topological polar surface area (TPSA) is 50.4 Å². The largest absolute Gasteiger partial charge is 0.444 e.